The van der Waals surface area contributed by atoms with Crippen LogP contribution in [-0.4, -0.2) is 0 Å². The van der Waals surface area contributed by atoms with Gasteiger partial charge < -0.3 is 4.90 Å². The zero-order valence-electron chi connectivity index (χ0n) is 32.8. The molecule has 1 aliphatic rings. The van der Waals surface area contributed by atoms with Crippen molar-refractivity contribution in [2.75, 3.05) is 4.90 Å². The molecule has 0 saturated carbocycles. The third-order valence-corrected chi connectivity index (χ3v) is 12.2. The van der Waals surface area contributed by atoms with Crippen LogP contribution in [0.25, 0.3) is 65.7 Å². The van der Waals surface area contributed by atoms with Gasteiger partial charge in [0.25, 0.3) is 0 Å². The van der Waals surface area contributed by atoms with Crippen LogP contribution in [0.15, 0.2) is 182 Å². The van der Waals surface area contributed by atoms with Crippen molar-refractivity contribution in [3.63, 3.8) is 0 Å². The minimum atomic E-state index is -0.103. The van der Waals surface area contributed by atoms with E-state index < -0.39 is 0 Å². The Kier molecular flexibility index (Phi) is 7.80. The molecule has 0 N–H and O–H groups in total. The van der Waals surface area contributed by atoms with E-state index in [1.807, 2.05) is 0 Å². The summed E-state index contributed by atoms with van der Waals surface area (Å²) in [5, 5.41) is 7.75. The maximum atomic E-state index is 2.38. The molecule has 0 spiro atoms. The molecule has 9 aromatic carbocycles. The van der Waals surface area contributed by atoms with Crippen molar-refractivity contribution in [2.45, 2.75) is 45.4 Å². The fourth-order valence-electron chi connectivity index (χ4n) is 9.42. The van der Waals surface area contributed by atoms with E-state index in [-0.39, 0.29) is 10.8 Å². The van der Waals surface area contributed by atoms with Crippen molar-refractivity contribution in [1.29, 1.82) is 0 Å². The average molecular weight is 720 g/mol. The topological polar surface area (TPSA) is 3.24 Å². The number of rotatable bonds is 5. The molecule has 0 radical (unpaired) electrons. The molecule has 0 atom stereocenters. The summed E-state index contributed by atoms with van der Waals surface area (Å²) in [6, 6.07) is 67.6. The van der Waals surface area contributed by atoms with Gasteiger partial charge in [0.15, 0.2) is 0 Å². The quantitative estimate of drug-likeness (QED) is 0.160. The molecule has 0 fully saturated rings. The Hall–Kier alpha value is -6.44. The fraction of sp³-hybridized carbons (Fsp3) is 0.127. The van der Waals surface area contributed by atoms with E-state index in [1.165, 1.54) is 82.4 Å². The zero-order chi connectivity index (χ0) is 38.2. The number of fused-ring (bicyclic) bond motifs is 4. The second-order valence-electron chi connectivity index (χ2n) is 16.9. The molecule has 10 rings (SSSR count). The third-order valence-electron chi connectivity index (χ3n) is 12.2. The van der Waals surface area contributed by atoms with Gasteiger partial charge in [-0.3, -0.25) is 0 Å². The van der Waals surface area contributed by atoms with Crippen molar-refractivity contribution in [2.24, 2.45) is 0 Å². The number of nitrogens with zero attached hydrogens (tertiary/aromatic N) is 1. The molecule has 0 bridgehead atoms. The van der Waals surface area contributed by atoms with Gasteiger partial charge in [0.1, 0.15) is 0 Å². The second-order valence-corrected chi connectivity index (χ2v) is 16.9. The Balaban J connectivity index is 1.16. The summed E-state index contributed by atoms with van der Waals surface area (Å²) >= 11 is 0. The molecule has 0 aliphatic heterocycles. The van der Waals surface area contributed by atoms with Crippen molar-refractivity contribution in [3.8, 4) is 33.4 Å². The summed E-state index contributed by atoms with van der Waals surface area (Å²) in [6.45, 7) is 11.6. The summed E-state index contributed by atoms with van der Waals surface area (Å²) in [5.41, 5.74) is 15.2. The lowest BCUT2D eigenvalue weighted by atomic mass is 9.68. The van der Waals surface area contributed by atoms with Crippen molar-refractivity contribution < 1.29 is 0 Å². The lowest BCUT2D eigenvalue weighted by Crippen LogP contribution is -2.23. The summed E-state index contributed by atoms with van der Waals surface area (Å²) in [4.78, 5) is 2.35. The average Bonchev–Trinajstić information content (AvgIpc) is 3.23. The van der Waals surface area contributed by atoms with Gasteiger partial charge in [0, 0.05) is 22.5 Å². The van der Waals surface area contributed by atoms with Crippen LogP contribution < -0.4 is 4.90 Å². The minimum absolute atomic E-state index is 0.0929. The molecule has 1 nitrogen and oxygen atoms in total. The number of hydrogen-bond donors (Lipinski definition) is 0. The molecule has 0 saturated heterocycles. The van der Waals surface area contributed by atoms with Crippen molar-refractivity contribution in [1.82, 2.24) is 0 Å². The van der Waals surface area contributed by atoms with Crippen LogP contribution >= 0.6 is 0 Å². The smallest absolute Gasteiger partial charge is 0.0462 e. The first kappa shape index (κ1) is 34.1. The Morgan fingerprint density at radius 1 is 0.375 bits per heavy atom. The van der Waals surface area contributed by atoms with E-state index in [1.54, 1.807) is 0 Å². The predicted octanol–water partition coefficient (Wildman–Crippen LogP) is 15.6. The first-order valence-electron chi connectivity index (χ1n) is 19.9. The molecule has 9 aromatic rings. The monoisotopic (exact) mass is 719 g/mol. The van der Waals surface area contributed by atoms with Crippen molar-refractivity contribution >= 4 is 49.4 Å². The standard InChI is InChI=1S/C55H45N/c1-54(2,3)37-28-32-40(33-29-37)56(38-16-7-6-8-17-38)39-30-26-36(27-31-39)51-42-19-9-11-21-44(42)52(45-22-12-10-20-43(45)51)48-35-34-47-41-18-13-14-24-49(41)55(4,5)50-25-15-23-46(48)53(47)50/h6-35H,1-5H3. The maximum Gasteiger partial charge on any atom is 0.0462 e. The highest BCUT2D eigenvalue weighted by Gasteiger charge is 2.34. The van der Waals surface area contributed by atoms with Gasteiger partial charge in [0.05, 0.1) is 0 Å². The van der Waals surface area contributed by atoms with Gasteiger partial charge in [-0.1, -0.05) is 180 Å². The summed E-state index contributed by atoms with van der Waals surface area (Å²) in [5.74, 6) is 0. The van der Waals surface area contributed by atoms with Gasteiger partial charge in [-0.25, -0.2) is 0 Å². The molecule has 0 unspecified atom stereocenters. The van der Waals surface area contributed by atoms with Crippen LogP contribution in [0, 0.1) is 0 Å². The molecule has 270 valence electrons. The summed E-state index contributed by atoms with van der Waals surface area (Å²) < 4.78 is 0. The van der Waals surface area contributed by atoms with E-state index in [9.17, 15) is 0 Å². The molecule has 56 heavy (non-hydrogen) atoms. The maximum absolute atomic E-state index is 2.38. The fourth-order valence-corrected chi connectivity index (χ4v) is 9.42. The van der Waals surface area contributed by atoms with Crippen molar-refractivity contribution in [3.05, 3.63) is 199 Å². The lowest BCUT2D eigenvalue weighted by Gasteiger charge is -2.35. The Morgan fingerprint density at radius 3 is 1.48 bits per heavy atom. The first-order valence-corrected chi connectivity index (χ1v) is 19.9. The van der Waals surface area contributed by atoms with Crippen LogP contribution in [-0.2, 0) is 10.8 Å². The normalized spacial score (nSPS) is 13.2. The molecular formula is C55H45N. The highest BCUT2D eigenvalue weighted by Crippen LogP contribution is 2.52. The van der Waals surface area contributed by atoms with Crippen LogP contribution in [0.2, 0.25) is 0 Å². The van der Waals surface area contributed by atoms with Gasteiger partial charge in [-0.05, 0) is 124 Å². The summed E-state index contributed by atoms with van der Waals surface area (Å²) in [6.07, 6.45) is 0. The van der Waals surface area contributed by atoms with Crippen LogP contribution in [0.3, 0.4) is 0 Å². The van der Waals surface area contributed by atoms with E-state index in [0.29, 0.717) is 0 Å². The lowest BCUT2D eigenvalue weighted by molar-refractivity contribution is 0.590. The predicted molar refractivity (Wildman–Crippen MR) is 241 cm³/mol. The van der Waals surface area contributed by atoms with Gasteiger partial charge in [-0.15, -0.1) is 0 Å². The van der Waals surface area contributed by atoms with Crippen LogP contribution in [0.4, 0.5) is 17.1 Å². The van der Waals surface area contributed by atoms with E-state index in [0.717, 1.165) is 17.1 Å². The third kappa shape index (κ3) is 5.29. The van der Waals surface area contributed by atoms with Gasteiger partial charge in [0.2, 0.25) is 0 Å². The first-order chi connectivity index (χ1) is 27.2. The molecule has 0 aromatic heterocycles. The second kappa shape index (κ2) is 12.8. The number of benzene rings is 9. The largest absolute Gasteiger partial charge is 0.311 e. The SMILES string of the molecule is CC(C)(C)c1ccc(N(c2ccccc2)c2ccc(-c3c4ccccc4c(-c4ccc5c6c(cccc46)C(C)(C)c4ccccc4-5)c4ccccc34)cc2)cc1. The Bertz CT molecular complexity index is 2890. The Labute approximate surface area is 330 Å². The van der Waals surface area contributed by atoms with Crippen LogP contribution in [0.1, 0.15) is 51.3 Å². The number of anilines is 3. The van der Waals surface area contributed by atoms with E-state index in [4.69, 9.17) is 0 Å². The van der Waals surface area contributed by atoms with Crippen LogP contribution in [0.5, 0.6) is 0 Å². The number of para-hydroxylation sites is 1. The van der Waals surface area contributed by atoms with Gasteiger partial charge in [-0.2, -0.15) is 0 Å². The molecule has 0 heterocycles. The summed E-state index contributed by atoms with van der Waals surface area (Å²) in [7, 11) is 0. The highest BCUT2D eigenvalue weighted by molar-refractivity contribution is 6.24. The van der Waals surface area contributed by atoms with E-state index >= 15 is 0 Å². The molecular weight excluding hydrogens is 675 g/mol. The molecule has 1 aliphatic carbocycles. The van der Waals surface area contributed by atoms with E-state index in [2.05, 4.69) is 222 Å². The molecule has 0 amide bonds. The van der Waals surface area contributed by atoms with Gasteiger partial charge >= 0.3 is 0 Å². The zero-order valence-corrected chi connectivity index (χ0v) is 32.8. The molecule has 1 heteroatoms. The Morgan fingerprint density at radius 2 is 0.857 bits per heavy atom. The highest BCUT2D eigenvalue weighted by atomic mass is 15.1. The minimum Gasteiger partial charge on any atom is -0.311 e. The number of hydrogen-bond acceptors (Lipinski definition) is 1.